The number of Topliss-reactive ketones (excluding diaryl/α,β-unsaturated/α-hetero) is 1. The number of amides is 1. The quantitative estimate of drug-likeness (QED) is 0.177. The molecule has 196 valence electrons. The highest BCUT2D eigenvalue weighted by molar-refractivity contribution is 5.83. The van der Waals surface area contributed by atoms with Crippen LogP contribution < -0.4 is 20.7 Å². The van der Waals surface area contributed by atoms with Gasteiger partial charge in [-0.05, 0) is 64.1 Å². The fourth-order valence-electron chi connectivity index (χ4n) is 4.33. The van der Waals surface area contributed by atoms with Crippen LogP contribution in [-0.2, 0) is 22.4 Å². The molecule has 36 heavy (non-hydrogen) atoms. The number of anilines is 2. The van der Waals surface area contributed by atoms with Gasteiger partial charge < -0.3 is 20.7 Å². The van der Waals surface area contributed by atoms with Gasteiger partial charge in [0, 0.05) is 50.8 Å². The van der Waals surface area contributed by atoms with Crippen LogP contribution in [0.1, 0.15) is 56.4 Å². The lowest BCUT2D eigenvalue weighted by molar-refractivity contribution is -0.895. The van der Waals surface area contributed by atoms with Crippen LogP contribution in [0.25, 0.3) is 0 Å². The highest BCUT2D eigenvalue weighted by Gasteiger charge is 2.23. The fourth-order valence-corrected chi connectivity index (χ4v) is 4.33. The molecule has 0 saturated heterocycles. The Hall–Kier alpha value is -3.27. The molecule has 1 amide bonds. The van der Waals surface area contributed by atoms with Crippen molar-refractivity contribution in [3.05, 3.63) is 41.3 Å². The summed E-state index contributed by atoms with van der Waals surface area (Å²) in [6.45, 7) is 8.66. The minimum Gasteiger partial charge on any atom is -0.371 e. The van der Waals surface area contributed by atoms with E-state index >= 15 is 0 Å². The fraction of sp³-hybridized carbons (Fsp3) is 0.577. The predicted molar refractivity (Wildman–Crippen MR) is 138 cm³/mol. The maximum atomic E-state index is 12.3. The Labute approximate surface area is 213 Å². The van der Waals surface area contributed by atoms with E-state index < -0.39 is 6.04 Å². The molecule has 2 aromatic heterocycles. The molecular formula is C26H40N7O3+. The second-order valence-corrected chi connectivity index (χ2v) is 9.52. The van der Waals surface area contributed by atoms with Gasteiger partial charge in [-0.1, -0.05) is 15.8 Å². The number of aromatic nitrogens is 3. The summed E-state index contributed by atoms with van der Waals surface area (Å²) in [7, 11) is 0. The number of pyridine rings is 1. The third kappa shape index (κ3) is 8.75. The molecule has 1 aliphatic heterocycles. The van der Waals surface area contributed by atoms with Gasteiger partial charge in [0.2, 0.25) is 5.91 Å². The second-order valence-electron chi connectivity index (χ2n) is 9.52. The topological polar surface area (TPSA) is 123 Å². The summed E-state index contributed by atoms with van der Waals surface area (Å²) in [5.41, 5.74) is 3.22. The molecule has 0 saturated carbocycles. The lowest BCUT2D eigenvalue weighted by Crippen LogP contribution is -2.42. The maximum absolute atomic E-state index is 12.3. The predicted octanol–water partition coefficient (Wildman–Crippen LogP) is 1.89. The Bertz CT molecular complexity index is 1030. The number of unbranched alkanes of at least 4 members (excludes halogenated alkanes) is 1. The van der Waals surface area contributed by atoms with Gasteiger partial charge in [-0.15, -0.1) is 0 Å². The maximum Gasteiger partial charge on any atom is 0.428 e. The van der Waals surface area contributed by atoms with Gasteiger partial charge in [0.1, 0.15) is 24.3 Å². The average Bonchev–Trinajstić information content (AvgIpc) is 2.84. The Morgan fingerprint density at radius 1 is 1.22 bits per heavy atom. The van der Waals surface area contributed by atoms with Gasteiger partial charge in [0.25, 0.3) is 0 Å². The van der Waals surface area contributed by atoms with Crippen molar-refractivity contribution in [3.63, 3.8) is 0 Å². The molecular weight excluding hydrogens is 458 g/mol. The normalized spacial score (nSPS) is 13.6. The van der Waals surface area contributed by atoms with Gasteiger partial charge >= 0.3 is 5.95 Å². The van der Waals surface area contributed by atoms with E-state index in [1.54, 1.807) is 12.4 Å². The monoisotopic (exact) mass is 498 g/mol. The van der Waals surface area contributed by atoms with Crippen LogP contribution >= 0.6 is 0 Å². The minimum atomic E-state index is -0.478. The number of nitrogens with zero attached hydrogens (tertiary/aromatic N) is 4. The lowest BCUT2D eigenvalue weighted by Gasteiger charge is -2.24. The van der Waals surface area contributed by atoms with Crippen molar-refractivity contribution in [1.29, 1.82) is 0 Å². The van der Waals surface area contributed by atoms with E-state index in [0.29, 0.717) is 26.1 Å². The van der Waals surface area contributed by atoms with Crippen molar-refractivity contribution in [2.75, 3.05) is 43.4 Å². The van der Waals surface area contributed by atoms with Crippen LogP contribution in [0.2, 0.25) is 0 Å². The van der Waals surface area contributed by atoms with Crippen molar-refractivity contribution < 1.29 is 19.5 Å². The molecule has 0 spiro atoms. The zero-order chi connectivity index (χ0) is 25.9. The summed E-state index contributed by atoms with van der Waals surface area (Å²) in [6.07, 6.45) is 8.90. The van der Waals surface area contributed by atoms with E-state index in [1.807, 2.05) is 6.92 Å². The van der Waals surface area contributed by atoms with E-state index in [4.69, 9.17) is 4.98 Å². The summed E-state index contributed by atoms with van der Waals surface area (Å²) in [6, 6.07) is 3.85. The summed E-state index contributed by atoms with van der Waals surface area (Å²) in [5.74, 6) is 1.19. The van der Waals surface area contributed by atoms with Gasteiger partial charge in [-0.25, -0.2) is 4.98 Å². The zero-order valence-electron chi connectivity index (χ0n) is 21.7. The molecule has 0 aromatic carbocycles. The molecule has 0 unspecified atom stereocenters. The van der Waals surface area contributed by atoms with Crippen LogP contribution in [-0.4, -0.2) is 70.5 Å². The van der Waals surface area contributed by atoms with Crippen LogP contribution in [0.3, 0.4) is 0 Å². The van der Waals surface area contributed by atoms with Crippen LogP contribution in [0.5, 0.6) is 0 Å². The molecule has 1 aliphatic rings. The smallest absolute Gasteiger partial charge is 0.371 e. The number of aryl methyl sites for hydroxylation is 3. The van der Waals surface area contributed by atoms with E-state index in [0.717, 1.165) is 67.0 Å². The number of fused-ring (bicyclic) bond motifs is 1. The molecule has 3 rings (SSSR count). The number of carbonyl (C=O) groups excluding carboxylic acids is 2. The zero-order valence-corrected chi connectivity index (χ0v) is 21.7. The van der Waals surface area contributed by atoms with Crippen LogP contribution in [0, 0.1) is 6.92 Å². The first-order chi connectivity index (χ1) is 17.3. The first kappa shape index (κ1) is 27.3. The molecule has 4 N–H and O–H groups in total. The molecule has 0 aliphatic carbocycles. The largest absolute Gasteiger partial charge is 0.428 e. The second kappa shape index (κ2) is 13.7. The first-order valence-electron chi connectivity index (χ1n) is 12.9. The average molecular weight is 499 g/mol. The summed E-state index contributed by atoms with van der Waals surface area (Å²) in [5, 5.41) is 19.4. The molecule has 10 nitrogen and oxygen atoms in total. The Balaban J connectivity index is 1.51. The SMILES string of the molecule is CC(=O)NCCN(CCCCc1ccc2c(n1)NCCC2)CC[C@H](Nc1ncc(C)c[n+]1O)C(C)=O. The van der Waals surface area contributed by atoms with E-state index in [2.05, 4.69) is 38.0 Å². The molecule has 0 radical (unpaired) electrons. The van der Waals surface area contributed by atoms with Crippen LogP contribution in [0.15, 0.2) is 24.5 Å². The Kier molecular flexibility index (Phi) is 10.4. The number of carbonyl (C=O) groups is 2. The van der Waals surface area contributed by atoms with E-state index in [-0.39, 0.29) is 17.6 Å². The molecule has 10 heteroatoms. The van der Waals surface area contributed by atoms with Gasteiger partial charge in [0.15, 0.2) is 5.78 Å². The summed E-state index contributed by atoms with van der Waals surface area (Å²) < 4.78 is 0.907. The molecule has 0 fully saturated rings. The molecule has 1 atom stereocenters. The van der Waals surface area contributed by atoms with Gasteiger partial charge in [-0.3, -0.25) is 14.9 Å². The number of hydrogen-bond acceptors (Lipinski definition) is 8. The van der Waals surface area contributed by atoms with Gasteiger partial charge in [-0.2, -0.15) is 0 Å². The van der Waals surface area contributed by atoms with Crippen LogP contribution in [0.4, 0.5) is 11.8 Å². The molecule has 2 aromatic rings. The Morgan fingerprint density at radius 2 is 2.06 bits per heavy atom. The number of hydrogen-bond donors (Lipinski definition) is 4. The molecule has 3 heterocycles. The van der Waals surface area contributed by atoms with Crippen molar-refractivity contribution in [2.45, 2.75) is 65.3 Å². The van der Waals surface area contributed by atoms with Crippen molar-refractivity contribution in [3.8, 4) is 0 Å². The van der Waals surface area contributed by atoms with E-state index in [9.17, 15) is 14.8 Å². The Morgan fingerprint density at radius 3 is 2.81 bits per heavy atom. The van der Waals surface area contributed by atoms with E-state index in [1.165, 1.54) is 19.4 Å². The third-order valence-corrected chi connectivity index (χ3v) is 6.37. The summed E-state index contributed by atoms with van der Waals surface area (Å²) in [4.78, 5) is 34.9. The standard InChI is InChI=1S/C26H39N7O3/c1-19-17-29-26(33(36)18-19)31-24(20(2)34)11-15-32(16-13-27-21(3)35)14-5-4-8-23-10-9-22-7-6-12-28-25(22)30-23/h9-10,17-18,24,36H,4-8,11-16H2,1-3H3,(H2,27,28,30,35)/p+1/t24-/m0/s1. The minimum absolute atomic E-state index is 0.0220. The number of rotatable bonds is 14. The highest BCUT2D eigenvalue weighted by Crippen LogP contribution is 2.20. The van der Waals surface area contributed by atoms with Crippen molar-refractivity contribution in [2.24, 2.45) is 0 Å². The number of nitrogens with one attached hydrogen (secondary N) is 3. The summed E-state index contributed by atoms with van der Waals surface area (Å²) >= 11 is 0. The third-order valence-electron chi connectivity index (χ3n) is 6.37. The number of ketones is 1. The van der Waals surface area contributed by atoms with Crippen molar-refractivity contribution >= 4 is 23.5 Å². The van der Waals surface area contributed by atoms with Gasteiger partial charge in [0.05, 0.1) is 0 Å². The lowest BCUT2D eigenvalue weighted by atomic mass is 10.1. The van der Waals surface area contributed by atoms with Crippen molar-refractivity contribution in [1.82, 2.24) is 20.2 Å². The highest BCUT2D eigenvalue weighted by atomic mass is 16.5. The molecule has 0 bridgehead atoms. The first-order valence-corrected chi connectivity index (χ1v) is 12.9.